The highest BCUT2D eigenvalue weighted by Gasteiger charge is 2.15. The summed E-state index contributed by atoms with van der Waals surface area (Å²) in [4.78, 5) is 11.4. The van der Waals surface area contributed by atoms with E-state index < -0.39 is 6.16 Å². The van der Waals surface area contributed by atoms with Gasteiger partial charge in [-0.15, -0.1) is 0 Å². The van der Waals surface area contributed by atoms with Gasteiger partial charge in [0.05, 0.1) is 12.8 Å². The zero-order valence-electron chi connectivity index (χ0n) is 16.2. The van der Waals surface area contributed by atoms with E-state index in [-0.39, 0.29) is 12.6 Å². The van der Waals surface area contributed by atoms with Gasteiger partial charge in [0.2, 0.25) is 5.95 Å². The van der Waals surface area contributed by atoms with Crippen LogP contribution < -0.4 is 9.47 Å². The third-order valence-corrected chi connectivity index (χ3v) is 4.36. The molecule has 0 spiro atoms. The van der Waals surface area contributed by atoms with E-state index in [1.165, 1.54) is 11.8 Å². The molecule has 0 N–H and O–H groups in total. The van der Waals surface area contributed by atoms with Crippen molar-refractivity contribution in [3.63, 3.8) is 0 Å². The second kappa shape index (κ2) is 8.12. The molecule has 3 aromatic rings. The van der Waals surface area contributed by atoms with E-state index in [9.17, 15) is 9.18 Å². The summed E-state index contributed by atoms with van der Waals surface area (Å²) < 4.78 is 30.7. The Morgan fingerprint density at radius 2 is 1.89 bits per heavy atom. The van der Waals surface area contributed by atoms with Gasteiger partial charge in [-0.25, -0.2) is 9.48 Å². The number of nitrogens with zero attached hydrogens (tertiary/aromatic N) is 2. The van der Waals surface area contributed by atoms with Crippen molar-refractivity contribution in [2.45, 2.75) is 20.5 Å². The molecule has 7 heteroatoms. The molecule has 1 heterocycles. The van der Waals surface area contributed by atoms with Crippen molar-refractivity contribution in [1.82, 2.24) is 9.78 Å². The van der Waals surface area contributed by atoms with Crippen molar-refractivity contribution in [2.24, 2.45) is 7.05 Å². The van der Waals surface area contributed by atoms with Crippen LogP contribution in [0.4, 0.5) is 9.18 Å². The number of ether oxygens (including phenoxy) is 3. The molecule has 0 aliphatic carbocycles. The highest BCUT2D eigenvalue weighted by molar-refractivity contribution is 5.65. The summed E-state index contributed by atoms with van der Waals surface area (Å²) in [6.45, 7) is 3.82. The fraction of sp³-hybridized carbons (Fsp3) is 0.238. The highest BCUT2D eigenvalue weighted by Crippen LogP contribution is 2.29. The largest absolute Gasteiger partial charge is 0.513 e. The maximum absolute atomic E-state index is 13.9. The van der Waals surface area contributed by atoms with Crippen molar-refractivity contribution in [3.05, 3.63) is 65.1 Å². The van der Waals surface area contributed by atoms with Crippen LogP contribution in [0.1, 0.15) is 16.7 Å². The van der Waals surface area contributed by atoms with Crippen molar-refractivity contribution in [1.29, 1.82) is 0 Å². The van der Waals surface area contributed by atoms with Gasteiger partial charge in [0, 0.05) is 23.7 Å². The van der Waals surface area contributed by atoms with Crippen LogP contribution in [0, 0.1) is 19.8 Å². The summed E-state index contributed by atoms with van der Waals surface area (Å²) in [5, 5.41) is 4.23. The van der Waals surface area contributed by atoms with E-state index in [0.29, 0.717) is 28.3 Å². The number of methoxy groups -OCH3 is 1. The van der Waals surface area contributed by atoms with Gasteiger partial charge >= 0.3 is 6.16 Å². The van der Waals surface area contributed by atoms with E-state index in [1.54, 1.807) is 26.1 Å². The van der Waals surface area contributed by atoms with Gasteiger partial charge in [-0.2, -0.15) is 9.49 Å². The Morgan fingerprint density at radius 3 is 2.54 bits per heavy atom. The standard InChI is InChI=1S/C21H21FN2O4/c1-13-11-15(19-14(2)20(22)24(3)23-19)9-10-17(13)27-12-16-7-5-6-8-18(16)28-21(25)26-4/h5-11H,12H2,1-4H3. The van der Waals surface area contributed by atoms with Crippen molar-refractivity contribution in [3.8, 4) is 22.8 Å². The fourth-order valence-electron chi connectivity index (χ4n) is 2.85. The number of benzene rings is 2. The number of aryl methyl sites for hydroxylation is 2. The number of halogens is 1. The Kier molecular flexibility index (Phi) is 5.63. The topological polar surface area (TPSA) is 62.6 Å². The lowest BCUT2D eigenvalue weighted by molar-refractivity contribution is 0.120. The third kappa shape index (κ3) is 3.98. The Bertz CT molecular complexity index is 1010. The molecule has 146 valence electrons. The van der Waals surface area contributed by atoms with Crippen LogP contribution in [0.3, 0.4) is 0 Å². The Balaban J connectivity index is 1.78. The molecule has 6 nitrogen and oxygen atoms in total. The molecule has 0 aliphatic rings. The van der Waals surface area contributed by atoms with Gasteiger partial charge in [0.25, 0.3) is 0 Å². The minimum atomic E-state index is -0.786. The molecule has 0 aliphatic heterocycles. The van der Waals surface area contributed by atoms with Crippen molar-refractivity contribution < 1.29 is 23.4 Å². The van der Waals surface area contributed by atoms with Crippen LogP contribution in [0.2, 0.25) is 0 Å². The third-order valence-electron chi connectivity index (χ3n) is 4.36. The molecule has 0 bridgehead atoms. The highest BCUT2D eigenvalue weighted by atomic mass is 19.1. The van der Waals surface area contributed by atoms with Crippen LogP contribution in [-0.4, -0.2) is 23.0 Å². The van der Waals surface area contributed by atoms with E-state index in [0.717, 1.165) is 11.1 Å². The summed E-state index contributed by atoms with van der Waals surface area (Å²) in [5.74, 6) is 0.698. The second-order valence-electron chi connectivity index (χ2n) is 6.32. The predicted molar refractivity (Wildman–Crippen MR) is 102 cm³/mol. The van der Waals surface area contributed by atoms with Gasteiger partial charge in [-0.3, -0.25) is 0 Å². The molecule has 1 aromatic heterocycles. The smallest absolute Gasteiger partial charge is 0.488 e. The average molecular weight is 384 g/mol. The Hall–Kier alpha value is -3.35. The Labute approximate surface area is 162 Å². The predicted octanol–water partition coefficient (Wildman–Crippen LogP) is 4.57. The lowest BCUT2D eigenvalue weighted by Crippen LogP contribution is -2.09. The normalized spacial score (nSPS) is 10.6. The minimum Gasteiger partial charge on any atom is -0.488 e. The first kappa shape index (κ1) is 19.4. The summed E-state index contributed by atoms with van der Waals surface area (Å²) in [6, 6.07) is 12.6. The molecule has 3 rings (SSSR count). The number of para-hydroxylation sites is 1. The zero-order chi connectivity index (χ0) is 20.3. The minimum absolute atomic E-state index is 0.213. The lowest BCUT2D eigenvalue weighted by Gasteiger charge is -2.13. The maximum atomic E-state index is 13.9. The number of hydrogen-bond acceptors (Lipinski definition) is 5. The first-order valence-electron chi connectivity index (χ1n) is 8.67. The zero-order valence-corrected chi connectivity index (χ0v) is 16.2. The number of carbonyl (C=O) groups excluding carboxylic acids is 1. The molecule has 0 amide bonds. The maximum Gasteiger partial charge on any atom is 0.513 e. The lowest BCUT2D eigenvalue weighted by atomic mass is 10.1. The van der Waals surface area contributed by atoms with Crippen molar-refractivity contribution in [2.75, 3.05) is 7.11 Å². The Morgan fingerprint density at radius 1 is 1.14 bits per heavy atom. The van der Waals surface area contributed by atoms with Crippen molar-refractivity contribution >= 4 is 6.16 Å². The van der Waals surface area contributed by atoms with Crippen LogP contribution in [-0.2, 0) is 18.4 Å². The van der Waals surface area contributed by atoms with Gasteiger partial charge in [-0.05, 0) is 43.7 Å². The molecular formula is C21H21FN2O4. The van der Waals surface area contributed by atoms with Gasteiger partial charge in [-0.1, -0.05) is 18.2 Å². The number of hydrogen-bond donors (Lipinski definition) is 0. The van der Waals surface area contributed by atoms with Crippen LogP contribution in [0.15, 0.2) is 42.5 Å². The first-order valence-corrected chi connectivity index (χ1v) is 8.67. The molecule has 0 saturated carbocycles. The number of carbonyl (C=O) groups is 1. The summed E-state index contributed by atoms with van der Waals surface area (Å²) >= 11 is 0. The van der Waals surface area contributed by atoms with E-state index in [1.807, 2.05) is 37.3 Å². The molecule has 0 saturated heterocycles. The van der Waals surface area contributed by atoms with Gasteiger partial charge in [0.15, 0.2) is 0 Å². The monoisotopic (exact) mass is 384 g/mol. The first-order chi connectivity index (χ1) is 13.4. The molecule has 0 unspecified atom stereocenters. The van der Waals surface area contributed by atoms with E-state index in [4.69, 9.17) is 9.47 Å². The SMILES string of the molecule is COC(=O)Oc1ccccc1COc1ccc(-c2nn(C)c(F)c2C)cc1C. The summed E-state index contributed by atoms with van der Waals surface area (Å²) in [6.07, 6.45) is -0.786. The molecule has 0 radical (unpaired) electrons. The number of rotatable bonds is 5. The van der Waals surface area contributed by atoms with E-state index in [2.05, 4.69) is 9.84 Å². The van der Waals surface area contributed by atoms with Crippen LogP contribution in [0.25, 0.3) is 11.3 Å². The van der Waals surface area contributed by atoms with Crippen LogP contribution in [0.5, 0.6) is 11.5 Å². The molecular weight excluding hydrogens is 363 g/mol. The van der Waals surface area contributed by atoms with Crippen LogP contribution >= 0.6 is 0 Å². The van der Waals surface area contributed by atoms with Gasteiger partial charge in [0.1, 0.15) is 18.1 Å². The van der Waals surface area contributed by atoms with Gasteiger partial charge < -0.3 is 14.2 Å². The molecule has 0 fully saturated rings. The second-order valence-corrected chi connectivity index (χ2v) is 6.32. The van der Waals surface area contributed by atoms with E-state index >= 15 is 0 Å². The molecule has 2 aromatic carbocycles. The summed E-state index contributed by atoms with van der Waals surface area (Å²) in [5.41, 5.74) is 3.51. The quantitative estimate of drug-likeness (QED) is 0.476. The molecule has 28 heavy (non-hydrogen) atoms. The number of aromatic nitrogens is 2. The average Bonchev–Trinajstić information content (AvgIpc) is 2.95. The summed E-state index contributed by atoms with van der Waals surface area (Å²) in [7, 11) is 2.82. The molecule has 0 atom stereocenters. The fourth-order valence-corrected chi connectivity index (χ4v) is 2.85.